The molecule has 2 aromatic rings. The Kier molecular flexibility index (Phi) is 6.54. The molecule has 0 aliphatic rings. The summed E-state index contributed by atoms with van der Waals surface area (Å²) in [5.41, 5.74) is 1.49. The lowest BCUT2D eigenvalue weighted by Crippen LogP contribution is -2.36. The first-order valence-corrected chi connectivity index (χ1v) is 8.26. The van der Waals surface area contributed by atoms with Crippen LogP contribution >= 0.6 is 0 Å². The number of Topliss-reactive ketones (excluding diaryl/α,β-unsaturated/α-hetero) is 1. The number of carbonyl (C=O) groups excluding carboxylic acids is 3. The Morgan fingerprint density at radius 3 is 2.26 bits per heavy atom. The summed E-state index contributed by atoms with van der Waals surface area (Å²) in [7, 11) is 3.01. The number of ketones is 1. The molecule has 0 aliphatic heterocycles. The smallest absolute Gasteiger partial charge is 0.244 e. The molecule has 0 heterocycles. The van der Waals surface area contributed by atoms with Gasteiger partial charge in [-0.2, -0.15) is 0 Å². The van der Waals surface area contributed by atoms with E-state index in [0.29, 0.717) is 28.4 Å². The average molecular weight is 370 g/mol. The highest BCUT2D eigenvalue weighted by atomic mass is 16.5. The minimum Gasteiger partial charge on any atom is -0.493 e. The van der Waals surface area contributed by atoms with Crippen molar-refractivity contribution < 1.29 is 23.9 Å². The lowest BCUT2D eigenvalue weighted by atomic mass is 10.1. The molecule has 0 aliphatic carbocycles. The Morgan fingerprint density at radius 2 is 1.67 bits per heavy atom. The summed E-state index contributed by atoms with van der Waals surface area (Å²) in [6, 6.07) is 11.6. The van der Waals surface area contributed by atoms with Crippen LogP contribution in [0, 0.1) is 0 Å². The molecule has 0 atom stereocenters. The molecule has 0 fully saturated rings. The maximum Gasteiger partial charge on any atom is 0.244 e. The van der Waals surface area contributed by atoms with E-state index in [0.717, 1.165) is 0 Å². The van der Waals surface area contributed by atoms with Crippen molar-refractivity contribution in [1.82, 2.24) is 0 Å². The van der Waals surface area contributed by atoms with Gasteiger partial charge in [-0.15, -0.1) is 0 Å². The van der Waals surface area contributed by atoms with Gasteiger partial charge in [0, 0.05) is 29.9 Å². The molecular formula is C20H22N2O5. The number of ether oxygens (including phenoxy) is 2. The molecule has 7 nitrogen and oxygen atoms in total. The van der Waals surface area contributed by atoms with E-state index in [4.69, 9.17) is 9.47 Å². The summed E-state index contributed by atoms with van der Waals surface area (Å²) in [6.45, 7) is 2.64. The minimum absolute atomic E-state index is 0.0956. The Morgan fingerprint density at radius 1 is 0.963 bits per heavy atom. The largest absolute Gasteiger partial charge is 0.493 e. The first-order chi connectivity index (χ1) is 12.8. The first kappa shape index (κ1) is 20.0. The van der Waals surface area contributed by atoms with Gasteiger partial charge in [0.15, 0.2) is 17.3 Å². The van der Waals surface area contributed by atoms with E-state index in [1.165, 1.54) is 33.0 Å². The van der Waals surface area contributed by atoms with Crippen LogP contribution in [0.25, 0.3) is 0 Å². The lowest BCUT2D eigenvalue weighted by Gasteiger charge is -2.22. The maximum absolute atomic E-state index is 12.4. The number of rotatable bonds is 7. The highest BCUT2D eigenvalue weighted by Crippen LogP contribution is 2.31. The van der Waals surface area contributed by atoms with E-state index in [9.17, 15) is 14.4 Å². The van der Waals surface area contributed by atoms with Crippen molar-refractivity contribution in [3.63, 3.8) is 0 Å². The van der Waals surface area contributed by atoms with Gasteiger partial charge >= 0.3 is 0 Å². The fraction of sp³-hybridized carbons (Fsp3) is 0.250. The molecule has 27 heavy (non-hydrogen) atoms. The molecule has 0 radical (unpaired) electrons. The molecule has 142 valence electrons. The van der Waals surface area contributed by atoms with Crippen LogP contribution in [0.3, 0.4) is 0 Å². The predicted octanol–water partition coefficient (Wildman–Crippen LogP) is 2.90. The molecule has 0 spiro atoms. The van der Waals surface area contributed by atoms with Crippen LogP contribution in [0.1, 0.15) is 24.2 Å². The lowest BCUT2D eigenvalue weighted by molar-refractivity contribution is -0.120. The van der Waals surface area contributed by atoms with Crippen LogP contribution in [0.15, 0.2) is 42.5 Å². The third kappa shape index (κ3) is 5.07. The molecule has 2 rings (SSSR count). The number of nitrogens with zero attached hydrogens (tertiary/aromatic N) is 1. The summed E-state index contributed by atoms with van der Waals surface area (Å²) in [5, 5.41) is 2.70. The molecule has 2 aromatic carbocycles. The Balaban J connectivity index is 2.19. The molecule has 0 unspecified atom stereocenters. The summed E-state index contributed by atoms with van der Waals surface area (Å²) < 4.78 is 10.4. The quantitative estimate of drug-likeness (QED) is 0.758. The highest BCUT2D eigenvalue weighted by Gasteiger charge is 2.18. The van der Waals surface area contributed by atoms with Crippen molar-refractivity contribution in [2.75, 3.05) is 31.0 Å². The van der Waals surface area contributed by atoms with Crippen LogP contribution in [0.5, 0.6) is 11.5 Å². The van der Waals surface area contributed by atoms with Crippen molar-refractivity contribution in [1.29, 1.82) is 0 Å². The molecule has 0 saturated carbocycles. The third-order valence-electron chi connectivity index (χ3n) is 3.91. The zero-order valence-electron chi connectivity index (χ0n) is 15.7. The van der Waals surface area contributed by atoms with Crippen molar-refractivity contribution in [3.8, 4) is 11.5 Å². The zero-order chi connectivity index (χ0) is 20.0. The highest BCUT2D eigenvalue weighted by molar-refractivity contribution is 6.02. The summed E-state index contributed by atoms with van der Waals surface area (Å²) in [5.74, 6) is 0.198. The number of hydrogen-bond acceptors (Lipinski definition) is 5. The minimum atomic E-state index is -0.388. The standard InChI is InChI=1S/C20H22N2O5/c1-13(23)15-6-5-7-16(10-15)21-20(25)12-22(14(2)24)17-8-9-18(26-3)19(11-17)27-4/h5-11H,12H2,1-4H3,(H,21,25). The number of methoxy groups -OCH3 is 2. The second kappa shape index (κ2) is 8.84. The number of anilines is 2. The van der Waals surface area contributed by atoms with Crippen LogP contribution < -0.4 is 19.7 Å². The molecule has 2 amide bonds. The molecule has 0 aromatic heterocycles. The molecule has 0 saturated heterocycles. The Hall–Kier alpha value is -3.35. The maximum atomic E-state index is 12.4. The van der Waals surface area contributed by atoms with E-state index < -0.39 is 0 Å². The van der Waals surface area contributed by atoms with E-state index >= 15 is 0 Å². The monoisotopic (exact) mass is 370 g/mol. The van der Waals surface area contributed by atoms with Crippen LogP contribution in [-0.4, -0.2) is 38.4 Å². The number of hydrogen-bond donors (Lipinski definition) is 1. The van der Waals surface area contributed by atoms with Gasteiger partial charge in [0.05, 0.1) is 14.2 Å². The van der Waals surface area contributed by atoms with Crippen molar-refractivity contribution in [2.24, 2.45) is 0 Å². The average Bonchev–Trinajstić information content (AvgIpc) is 2.65. The van der Waals surface area contributed by atoms with Gasteiger partial charge in [-0.1, -0.05) is 12.1 Å². The van der Waals surface area contributed by atoms with Crippen molar-refractivity contribution in [3.05, 3.63) is 48.0 Å². The van der Waals surface area contributed by atoms with Crippen LogP contribution in [-0.2, 0) is 9.59 Å². The second-order valence-corrected chi connectivity index (χ2v) is 5.83. The number of benzene rings is 2. The van der Waals surface area contributed by atoms with Crippen LogP contribution in [0.4, 0.5) is 11.4 Å². The zero-order valence-corrected chi connectivity index (χ0v) is 15.7. The van der Waals surface area contributed by atoms with Gasteiger partial charge in [-0.3, -0.25) is 14.4 Å². The summed E-state index contributed by atoms with van der Waals surface area (Å²) in [4.78, 5) is 37.3. The third-order valence-corrected chi connectivity index (χ3v) is 3.91. The van der Waals surface area contributed by atoms with Gasteiger partial charge in [0.1, 0.15) is 6.54 Å². The molecule has 7 heteroatoms. The second-order valence-electron chi connectivity index (χ2n) is 5.83. The summed E-state index contributed by atoms with van der Waals surface area (Å²) in [6.07, 6.45) is 0. The number of nitrogens with one attached hydrogen (secondary N) is 1. The summed E-state index contributed by atoms with van der Waals surface area (Å²) >= 11 is 0. The molecular weight excluding hydrogens is 348 g/mol. The van der Waals surface area contributed by atoms with Gasteiger partial charge in [-0.25, -0.2) is 0 Å². The van der Waals surface area contributed by atoms with Crippen molar-refractivity contribution >= 4 is 29.0 Å². The van der Waals surface area contributed by atoms with E-state index in [2.05, 4.69) is 5.32 Å². The fourth-order valence-corrected chi connectivity index (χ4v) is 2.54. The fourth-order valence-electron chi connectivity index (χ4n) is 2.54. The van der Waals surface area contributed by atoms with E-state index in [1.807, 2.05) is 0 Å². The van der Waals surface area contributed by atoms with Gasteiger partial charge in [0.2, 0.25) is 11.8 Å². The van der Waals surface area contributed by atoms with Crippen LogP contribution in [0.2, 0.25) is 0 Å². The first-order valence-electron chi connectivity index (χ1n) is 8.26. The molecule has 1 N–H and O–H groups in total. The Bertz CT molecular complexity index is 863. The predicted molar refractivity (Wildman–Crippen MR) is 103 cm³/mol. The Labute approximate surface area is 157 Å². The topological polar surface area (TPSA) is 84.9 Å². The van der Waals surface area contributed by atoms with Crippen molar-refractivity contribution in [2.45, 2.75) is 13.8 Å². The van der Waals surface area contributed by atoms with Gasteiger partial charge in [-0.05, 0) is 31.2 Å². The number of amides is 2. The molecule has 0 bridgehead atoms. The van der Waals surface area contributed by atoms with E-state index in [-0.39, 0.29) is 24.1 Å². The number of carbonyl (C=O) groups is 3. The normalized spacial score (nSPS) is 10.1. The van der Waals surface area contributed by atoms with Gasteiger partial charge in [0.25, 0.3) is 0 Å². The van der Waals surface area contributed by atoms with E-state index in [1.54, 1.807) is 42.5 Å². The van der Waals surface area contributed by atoms with Gasteiger partial charge < -0.3 is 19.7 Å². The SMILES string of the molecule is COc1ccc(N(CC(=O)Nc2cccc(C(C)=O)c2)C(C)=O)cc1OC.